The Bertz CT molecular complexity index is 576. The summed E-state index contributed by atoms with van der Waals surface area (Å²) in [7, 11) is -2.35. The van der Waals surface area contributed by atoms with Crippen LogP contribution in [0.5, 0.6) is 0 Å². The molecule has 2 N–H and O–H groups in total. The van der Waals surface area contributed by atoms with Crippen molar-refractivity contribution in [3.63, 3.8) is 0 Å². The molecule has 0 bridgehead atoms. The third-order valence-electron chi connectivity index (χ3n) is 3.44. The molecule has 0 saturated carbocycles. The first kappa shape index (κ1) is 14.2. The normalized spacial score (nSPS) is 24.0. The topological polar surface area (TPSA) is 72.6 Å². The van der Waals surface area contributed by atoms with E-state index < -0.39 is 15.8 Å². The number of sulfonamides is 1. The Balaban J connectivity index is 2.39. The first-order chi connectivity index (χ1) is 8.84. The first-order valence-corrected chi connectivity index (χ1v) is 7.42. The fourth-order valence-corrected chi connectivity index (χ4v) is 3.83. The summed E-state index contributed by atoms with van der Waals surface area (Å²) in [5, 5.41) is 0. The molecule has 2 unspecified atom stereocenters. The van der Waals surface area contributed by atoms with Gasteiger partial charge in [-0.25, -0.2) is 12.8 Å². The summed E-state index contributed by atoms with van der Waals surface area (Å²) < 4.78 is 44.7. The zero-order valence-electron chi connectivity index (χ0n) is 10.8. The van der Waals surface area contributed by atoms with Crippen LogP contribution in [0.15, 0.2) is 23.1 Å². The molecule has 1 aliphatic rings. The van der Waals surface area contributed by atoms with E-state index in [2.05, 4.69) is 0 Å². The highest BCUT2D eigenvalue weighted by Crippen LogP contribution is 2.28. The van der Waals surface area contributed by atoms with Gasteiger partial charge in [0.25, 0.3) is 0 Å². The van der Waals surface area contributed by atoms with Crippen molar-refractivity contribution in [2.45, 2.75) is 30.4 Å². The molecule has 1 saturated heterocycles. The minimum atomic E-state index is -3.82. The molecule has 0 aromatic heterocycles. The fraction of sp³-hybridized carbons (Fsp3) is 0.500. The Morgan fingerprint density at radius 2 is 2.16 bits per heavy atom. The van der Waals surface area contributed by atoms with Gasteiger partial charge in [-0.15, -0.1) is 0 Å². The number of hydrogen-bond acceptors (Lipinski definition) is 4. The number of hydrogen-bond donors (Lipinski definition) is 1. The van der Waals surface area contributed by atoms with Gasteiger partial charge in [-0.1, -0.05) is 0 Å². The maximum atomic E-state index is 13.2. The van der Waals surface area contributed by atoms with Crippen molar-refractivity contribution in [1.82, 2.24) is 4.31 Å². The third kappa shape index (κ3) is 2.58. The van der Waals surface area contributed by atoms with Gasteiger partial charge in [0, 0.05) is 13.7 Å². The van der Waals surface area contributed by atoms with Crippen LogP contribution < -0.4 is 5.73 Å². The van der Waals surface area contributed by atoms with E-state index in [4.69, 9.17) is 10.5 Å². The van der Waals surface area contributed by atoms with E-state index >= 15 is 0 Å². The lowest BCUT2D eigenvalue weighted by Gasteiger charge is -2.26. The molecular weight excluding hydrogens is 271 g/mol. The molecule has 2 atom stereocenters. The van der Waals surface area contributed by atoms with Crippen molar-refractivity contribution < 1.29 is 17.5 Å². The molecule has 1 heterocycles. The number of nitrogen functional groups attached to an aromatic ring is 1. The Hall–Kier alpha value is -1.18. The molecular formula is C12H17FN2O3S. The summed E-state index contributed by atoms with van der Waals surface area (Å²) in [6.45, 7) is 2.34. The van der Waals surface area contributed by atoms with E-state index in [-0.39, 0.29) is 22.7 Å². The summed E-state index contributed by atoms with van der Waals surface area (Å²) in [5.41, 5.74) is 5.68. The van der Waals surface area contributed by atoms with Crippen LogP contribution in [0.4, 0.5) is 10.1 Å². The van der Waals surface area contributed by atoms with Gasteiger partial charge in [0.2, 0.25) is 10.0 Å². The van der Waals surface area contributed by atoms with Crippen molar-refractivity contribution in [3.05, 3.63) is 24.0 Å². The average Bonchev–Trinajstić information content (AvgIpc) is 2.77. The molecule has 1 aromatic carbocycles. The minimum Gasteiger partial charge on any atom is -0.398 e. The first-order valence-electron chi connectivity index (χ1n) is 5.98. The van der Waals surface area contributed by atoms with Gasteiger partial charge >= 0.3 is 0 Å². The van der Waals surface area contributed by atoms with E-state index in [1.54, 1.807) is 0 Å². The van der Waals surface area contributed by atoms with Crippen LogP contribution in [0.25, 0.3) is 0 Å². The molecule has 0 amide bonds. The molecule has 5 nitrogen and oxygen atoms in total. The second kappa shape index (κ2) is 5.07. The maximum Gasteiger partial charge on any atom is 0.245 e. The molecule has 1 aromatic rings. The highest BCUT2D eigenvalue weighted by molar-refractivity contribution is 7.89. The van der Waals surface area contributed by atoms with Gasteiger partial charge in [0.05, 0.1) is 17.8 Å². The second-order valence-electron chi connectivity index (χ2n) is 4.64. The molecule has 106 valence electrons. The Morgan fingerprint density at radius 1 is 1.47 bits per heavy atom. The summed E-state index contributed by atoms with van der Waals surface area (Å²) in [6, 6.07) is 3.08. The van der Waals surface area contributed by atoms with Crippen molar-refractivity contribution in [3.8, 4) is 0 Å². The van der Waals surface area contributed by atoms with E-state index in [1.807, 2.05) is 6.92 Å². The lowest BCUT2D eigenvalue weighted by atomic mass is 10.2. The quantitative estimate of drug-likeness (QED) is 0.848. The van der Waals surface area contributed by atoms with Crippen molar-refractivity contribution in [2.24, 2.45) is 0 Å². The highest BCUT2D eigenvalue weighted by Gasteiger charge is 2.36. The lowest BCUT2D eigenvalue weighted by molar-refractivity contribution is 0.102. The number of rotatable bonds is 3. The third-order valence-corrected chi connectivity index (χ3v) is 5.37. The van der Waals surface area contributed by atoms with E-state index in [9.17, 15) is 12.8 Å². The van der Waals surface area contributed by atoms with E-state index in [0.717, 1.165) is 12.1 Å². The summed E-state index contributed by atoms with van der Waals surface area (Å²) in [5.74, 6) is -0.628. The maximum absolute atomic E-state index is 13.2. The van der Waals surface area contributed by atoms with E-state index in [1.165, 1.54) is 17.4 Å². The van der Waals surface area contributed by atoms with Crippen LogP contribution in [0.3, 0.4) is 0 Å². The van der Waals surface area contributed by atoms with Crippen LogP contribution in [-0.2, 0) is 14.8 Å². The molecule has 7 heteroatoms. The van der Waals surface area contributed by atoms with E-state index in [0.29, 0.717) is 13.0 Å². The fourth-order valence-electron chi connectivity index (χ4n) is 2.26. The highest BCUT2D eigenvalue weighted by atomic mass is 32.2. The Morgan fingerprint density at radius 3 is 2.74 bits per heavy atom. The van der Waals surface area contributed by atoms with Crippen LogP contribution >= 0.6 is 0 Å². The number of likely N-dealkylation sites (N-methyl/N-ethyl adjacent to an activating group) is 1. The Labute approximate surface area is 112 Å². The second-order valence-corrected chi connectivity index (χ2v) is 6.60. The van der Waals surface area contributed by atoms with Gasteiger partial charge in [0.1, 0.15) is 10.7 Å². The molecule has 0 radical (unpaired) electrons. The largest absolute Gasteiger partial charge is 0.398 e. The van der Waals surface area contributed by atoms with Crippen molar-refractivity contribution in [1.29, 1.82) is 0 Å². The smallest absolute Gasteiger partial charge is 0.245 e. The zero-order valence-corrected chi connectivity index (χ0v) is 11.7. The SMILES string of the molecule is CC1OCCC1N(C)S(=O)(=O)c1cc(F)ccc1N. The number of ether oxygens (including phenoxy) is 1. The Kier molecular flexibility index (Phi) is 3.80. The monoisotopic (exact) mass is 288 g/mol. The minimum absolute atomic E-state index is 0.0415. The summed E-state index contributed by atoms with van der Waals surface area (Å²) in [4.78, 5) is -0.200. The number of anilines is 1. The molecule has 1 fully saturated rings. The van der Waals surface area contributed by atoms with Gasteiger partial charge < -0.3 is 10.5 Å². The predicted octanol–water partition coefficient (Wildman–Crippen LogP) is 1.21. The summed E-state index contributed by atoms with van der Waals surface area (Å²) in [6.07, 6.45) is 0.432. The van der Waals surface area contributed by atoms with Crippen molar-refractivity contribution in [2.75, 3.05) is 19.4 Å². The van der Waals surface area contributed by atoms with Crippen LogP contribution in [0.2, 0.25) is 0 Å². The van der Waals surface area contributed by atoms with Gasteiger partial charge in [-0.05, 0) is 31.5 Å². The predicted molar refractivity (Wildman–Crippen MR) is 69.6 cm³/mol. The van der Waals surface area contributed by atoms with Crippen LogP contribution in [-0.4, -0.2) is 38.5 Å². The molecule has 2 rings (SSSR count). The van der Waals surface area contributed by atoms with Crippen LogP contribution in [0, 0.1) is 5.82 Å². The zero-order chi connectivity index (χ0) is 14.2. The number of nitrogens with zero attached hydrogens (tertiary/aromatic N) is 1. The van der Waals surface area contributed by atoms with Gasteiger partial charge in [0.15, 0.2) is 0 Å². The lowest BCUT2D eigenvalue weighted by Crippen LogP contribution is -2.41. The average molecular weight is 288 g/mol. The standard InChI is InChI=1S/C12H17FN2O3S/c1-8-11(5-6-18-8)15(2)19(16,17)12-7-9(13)3-4-10(12)14/h3-4,7-8,11H,5-6,14H2,1-2H3. The molecule has 19 heavy (non-hydrogen) atoms. The number of nitrogens with two attached hydrogens (primary N) is 1. The van der Waals surface area contributed by atoms with Gasteiger partial charge in [-0.2, -0.15) is 4.31 Å². The number of benzene rings is 1. The molecule has 1 aliphatic heterocycles. The summed E-state index contributed by atoms with van der Waals surface area (Å²) >= 11 is 0. The number of halogens is 1. The van der Waals surface area contributed by atoms with Crippen molar-refractivity contribution >= 4 is 15.7 Å². The van der Waals surface area contributed by atoms with Crippen LogP contribution in [0.1, 0.15) is 13.3 Å². The molecule has 0 spiro atoms. The molecule has 0 aliphatic carbocycles. The van der Waals surface area contributed by atoms with Gasteiger partial charge in [-0.3, -0.25) is 0 Å².